The highest BCUT2D eigenvalue weighted by atomic mass is 79.9. The Morgan fingerprint density at radius 3 is 2.42 bits per heavy atom. The highest BCUT2D eigenvalue weighted by Gasteiger charge is 2.20. The van der Waals surface area contributed by atoms with E-state index in [1.165, 1.54) is 6.08 Å². The Hall–Kier alpha value is -3.16. The first-order chi connectivity index (χ1) is 16.0. The maximum atomic E-state index is 13.4. The van der Waals surface area contributed by atoms with Crippen molar-refractivity contribution in [3.63, 3.8) is 0 Å². The fourth-order valence-corrected chi connectivity index (χ4v) is 4.68. The van der Waals surface area contributed by atoms with Gasteiger partial charge in [-0.2, -0.15) is 0 Å². The first kappa shape index (κ1) is 21.7. The standard InChI is InChI=1S/C26H17Br2NO4/c27-17-7-8-20-18(13-17)24(15-4-2-1-3-5-15)25(26(31)29-20)21(30)9-6-16-12-22-23(14-19(16)28)33-11-10-32-22/h1-9,12-14H,10-11H2,(H,29,31). The predicted molar refractivity (Wildman–Crippen MR) is 136 cm³/mol. The maximum Gasteiger partial charge on any atom is 0.260 e. The molecular formula is C26H17Br2NO4. The highest BCUT2D eigenvalue weighted by Crippen LogP contribution is 2.36. The number of allylic oxidation sites excluding steroid dienone is 1. The molecule has 5 rings (SSSR count). The number of fused-ring (bicyclic) bond motifs is 2. The molecule has 0 saturated carbocycles. The van der Waals surface area contributed by atoms with Crippen molar-refractivity contribution < 1.29 is 14.3 Å². The molecule has 0 amide bonds. The quantitative estimate of drug-likeness (QED) is 0.230. The zero-order chi connectivity index (χ0) is 22.9. The molecule has 0 radical (unpaired) electrons. The van der Waals surface area contributed by atoms with Crippen LogP contribution in [0.1, 0.15) is 15.9 Å². The number of carbonyl (C=O) groups excluding carboxylic acids is 1. The minimum atomic E-state index is -0.431. The van der Waals surface area contributed by atoms with Crippen molar-refractivity contribution in [1.82, 2.24) is 4.98 Å². The van der Waals surface area contributed by atoms with Gasteiger partial charge in [0.05, 0.1) is 5.56 Å². The summed E-state index contributed by atoms with van der Waals surface area (Å²) in [6.45, 7) is 0.968. The number of rotatable bonds is 4. The number of ketones is 1. The van der Waals surface area contributed by atoms with Gasteiger partial charge in [-0.25, -0.2) is 0 Å². The summed E-state index contributed by atoms with van der Waals surface area (Å²) in [5, 5.41) is 0.785. The average molecular weight is 567 g/mol. The monoisotopic (exact) mass is 565 g/mol. The molecule has 0 spiro atoms. The molecule has 0 fully saturated rings. The molecule has 0 saturated heterocycles. The van der Waals surface area contributed by atoms with Crippen LogP contribution in [0.25, 0.3) is 28.1 Å². The van der Waals surface area contributed by atoms with Crippen LogP contribution in [-0.2, 0) is 0 Å². The smallest absolute Gasteiger partial charge is 0.260 e. The summed E-state index contributed by atoms with van der Waals surface area (Å²) >= 11 is 7.02. The van der Waals surface area contributed by atoms with Crippen molar-refractivity contribution in [3.8, 4) is 22.6 Å². The molecule has 7 heteroatoms. The van der Waals surface area contributed by atoms with Gasteiger partial charge in [0.15, 0.2) is 17.3 Å². The summed E-state index contributed by atoms with van der Waals surface area (Å²) in [5.41, 5.74) is 2.47. The Morgan fingerprint density at radius 2 is 1.67 bits per heavy atom. The second-order valence-corrected chi connectivity index (χ2v) is 9.25. The molecular weight excluding hydrogens is 550 g/mol. The van der Waals surface area contributed by atoms with E-state index in [4.69, 9.17) is 9.47 Å². The first-order valence-electron chi connectivity index (χ1n) is 10.2. The third kappa shape index (κ3) is 4.26. The first-order valence-corrected chi connectivity index (χ1v) is 11.8. The van der Waals surface area contributed by atoms with E-state index >= 15 is 0 Å². The molecule has 1 aromatic heterocycles. The zero-order valence-electron chi connectivity index (χ0n) is 17.2. The lowest BCUT2D eigenvalue weighted by atomic mass is 9.94. The SMILES string of the molecule is O=C(C=Cc1cc2c(cc1Br)OCCO2)c1c(-c2ccccc2)c2cc(Br)ccc2[nH]c1=O. The number of halogens is 2. The summed E-state index contributed by atoms with van der Waals surface area (Å²) in [7, 11) is 0. The lowest BCUT2D eigenvalue weighted by Gasteiger charge is -2.19. The number of aromatic nitrogens is 1. The van der Waals surface area contributed by atoms with E-state index in [2.05, 4.69) is 36.8 Å². The van der Waals surface area contributed by atoms with E-state index in [1.54, 1.807) is 6.08 Å². The Labute approximate surface area is 206 Å². The molecule has 3 aromatic carbocycles. The summed E-state index contributed by atoms with van der Waals surface area (Å²) in [5.74, 6) is 0.883. The molecule has 4 aromatic rings. The summed E-state index contributed by atoms with van der Waals surface area (Å²) in [6, 6.07) is 18.7. The number of pyridine rings is 1. The van der Waals surface area contributed by atoms with Gasteiger partial charge in [-0.05, 0) is 53.6 Å². The molecule has 0 aliphatic carbocycles. The van der Waals surface area contributed by atoms with Gasteiger partial charge in [0.25, 0.3) is 5.56 Å². The summed E-state index contributed by atoms with van der Waals surface area (Å²) < 4.78 is 12.8. The number of benzene rings is 3. The molecule has 5 nitrogen and oxygen atoms in total. The molecule has 0 unspecified atom stereocenters. The summed E-state index contributed by atoms with van der Waals surface area (Å²) in [4.78, 5) is 29.3. The fraction of sp³-hybridized carbons (Fsp3) is 0.0769. The second-order valence-electron chi connectivity index (χ2n) is 7.48. The zero-order valence-corrected chi connectivity index (χ0v) is 20.4. The molecule has 33 heavy (non-hydrogen) atoms. The van der Waals surface area contributed by atoms with E-state index in [0.717, 1.165) is 25.5 Å². The van der Waals surface area contributed by atoms with Crippen molar-refractivity contribution in [3.05, 3.63) is 97.2 Å². The number of nitrogens with one attached hydrogen (secondary N) is 1. The number of carbonyl (C=O) groups is 1. The van der Waals surface area contributed by atoms with E-state index < -0.39 is 11.3 Å². The van der Waals surface area contributed by atoms with Gasteiger partial charge in [0.2, 0.25) is 0 Å². The molecule has 1 aliphatic rings. The Morgan fingerprint density at radius 1 is 0.939 bits per heavy atom. The normalized spacial score (nSPS) is 12.9. The number of hydrogen-bond acceptors (Lipinski definition) is 4. The maximum absolute atomic E-state index is 13.4. The van der Waals surface area contributed by atoms with Crippen molar-refractivity contribution in [2.24, 2.45) is 0 Å². The van der Waals surface area contributed by atoms with Crippen LogP contribution < -0.4 is 15.0 Å². The van der Waals surface area contributed by atoms with Crippen molar-refractivity contribution in [2.45, 2.75) is 0 Å². The van der Waals surface area contributed by atoms with Gasteiger partial charge in [-0.1, -0.05) is 62.2 Å². The largest absolute Gasteiger partial charge is 0.486 e. The van der Waals surface area contributed by atoms with E-state index in [0.29, 0.717) is 35.8 Å². The van der Waals surface area contributed by atoms with Gasteiger partial charge in [0.1, 0.15) is 13.2 Å². The predicted octanol–water partition coefficient (Wildman–Crippen LogP) is 6.39. The lowest BCUT2D eigenvalue weighted by Crippen LogP contribution is -2.18. The van der Waals surface area contributed by atoms with E-state index in [9.17, 15) is 9.59 Å². The van der Waals surface area contributed by atoms with Gasteiger partial charge in [-0.3, -0.25) is 9.59 Å². The Kier molecular flexibility index (Phi) is 5.91. The number of hydrogen-bond donors (Lipinski definition) is 1. The van der Waals surface area contributed by atoms with E-state index in [-0.39, 0.29) is 5.56 Å². The molecule has 0 bridgehead atoms. The van der Waals surface area contributed by atoms with Crippen LogP contribution in [0, 0.1) is 0 Å². The van der Waals surface area contributed by atoms with Gasteiger partial charge < -0.3 is 14.5 Å². The van der Waals surface area contributed by atoms with Crippen LogP contribution in [0.2, 0.25) is 0 Å². The Bertz CT molecular complexity index is 1480. The van der Waals surface area contributed by atoms with Crippen LogP contribution in [0.5, 0.6) is 11.5 Å². The van der Waals surface area contributed by atoms with Crippen LogP contribution in [0.3, 0.4) is 0 Å². The van der Waals surface area contributed by atoms with Crippen molar-refractivity contribution in [2.75, 3.05) is 13.2 Å². The number of ether oxygens (including phenoxy) is 2. The minimum absolute atomic E-state index is 0.0942. The molecule has 1 N–H and O–H groups in total. The average Bonchev–Trinajstić information content (AvgIpc) is 2.82. The summed E-state index contributed by atoms with van der Waals surface area (Å²) in [6.07, 6.45) is 3.08. The third-order valence-corrected chi connectivity index (χ3v) is 6.54. The molecule has 2 heterocycles. The van der Waals surface area contributed by atoms with Crippen molar-refractivity contribution in [1.29, 1.82) is 0 Å². The highest BCUT2D eigenvalue weighted by molar-refractivity contribution is 9.10. The van der Waals surface area contributed by atoms with Gasteiger partial charge in [0, 0.05) is 25.4 Å². The van der Waals surface area contributed by atoms with Crippen LogP contribution in [0.4, 0.5) is 0 Å². The fourth-order valence-electron chi connectivity index (χ4n) is 3.86. The van der Waals surface area contributed by atoms with E-state index in [1.807, 2.05) is 60.7 Å². The van der Waals surface area contributed by atoms with Gasteiger partial charge >= 0.3 is 0 Å². The topological polar surface area (TPSA) is 68.4 Å². The van der Waals surface area contributed by atoms with Crippen LogP contribution in [-0.4, -0.2) is 24.0 Å². The number of H-pyrrole nitrogens is 1. The third-order valence-electron chi connectivity index (χ3n) is 5.36. The molecule has 1 aliphatic heterocycles. The number of aromatic amines is 1. The molecule has 164 valence electrons. The molecule has 0 atom stereocenters. The van der Waals surface area contributed by atoms with Crippen LogP contribution >= 0.6 is 31.9 Å². The minimum Gasteiger partial charge on any atom is -0.486 e. The van der Waals surface area contributed by atoms with Crippen molar-refractivity contribution >= 4 is 54.6 Å². The van der Waals surface area contributed by atoms with Crippen LogP contribution in [0.15, 0.2) is 80.5 Å². The second kappa shape index (κ2) is 9.00. The lowest BCUT2D eigenvalue weighted by molar-refractivity contribution is 0.104. The Balaban J connectivity index is 1.64. The van der Waals surface area contributed by atoms with Gasteiger partial charge in [-0.15, -0.1) is 0 Å².